The summed E-state index contributed by atoms with van der Waals surface area (Å²) in [6.07, 6.45) is 1.91. The first-order chi connectivity index (χ1) is 17.4. The van der Waals surface area contributed by atoms with Gasteiger partial charge in [0.25, 0.3) is 5.91 Å². The third-order valence-electron chi connectivity index (χ3n) is 6.10. The molecular weight excluding hydrogens is 459 g/mol. The summed E-state index contributed by atoms with van der Waals surface area (Å²) in [5, 5.41) is 20.7. The quantitative estimate of drug-likeness (QED) is 0.332. The SMILES string of the molecule is Cc1ccc(C(=O)Nc2ccc(-c3cc(C4CC4)n(C(=O)NCc4cccc(F)c4)n3)c(O)c2)cc1. The average molecular weight is 485 g/mol. The molecule has 1 aliphatic carbocycles. The van der Waals surface area contributed by atoms with Gasteiger partial charge < -0.3 is 15.7 Å². The van der Waals surface area contributed by atoms with Crippen LogP contribution in [-0.2, 0) is 6.54 Å². The molecule has 36 heavy (non-hydrogen) atoms. The molecule has 3 N–H and O–H groups in total. The van der Waals surface area contributed by atoms with Crippen LogP contribution >= 0.6 is 0 Å². The van der Waals surface area contributed by atoms with Gasteiger partial charge in [-0.1, -0.05) is 29.8 Å². The number of carbonyl (C=O) groups excluding carboxylic acids is 2. The molecule has 7 nitrogen and oxygen atoms in total. The number of aromatic hydroxyl groups is 1. The van der Waals surface area contributed by atoms with Gasteiger partial charge >= 0.3 is 6.03 Å². The fourth-order valence-corrected chi connectivity index (χ4v) is 3.99. The molecule has 5 rings (SSSR count). The van der Waals surface area contributed by atoms with Gasteiger partial charge in [-0.05, 0) is 67.8 Å². The van der Waals surface area contributed by atoms with E-state index >= 15 is 0 Å². The topological polar surface area (TPSA) is 96.3 Å². The number of amides is 2. The van der Waals surface area contributed by atoms with Crippen LogP contribution < -0.4 is 10.6 Å². The van der Waals surface area contributed by atoms with E-state index in [-0.39, 0.29) is 29.9 Å². The first kappa shape index (κ1) is 23.3. The molecule has 2 amide bonds. The molecule has 0 aliphatic heterocycles. The molecule has 182 valence electrons. The van der Waals surface area contributed by atoms with E-state index in [2.05, 4.69) is 15.7 Å². The molecule has 3 aromatic carbocycles. The number of anilines is 1. The van der Waals surface area contributed by atoms with Crippen LogP contribution in [0.5, 0.6) is 5.75 Å². The smallest absolute Gasteiger partial charge is 0.342 e. The maximum absolute atomic E-state index is 13.4. The first-order valence-electron chi connectivity index (χ1n) is 11.7. The summed E-state index contributed by atoms with van der Waals surface area (Å²) in [6, 6.07) is 19.4. The molecule has 1 saturated carbocycles. The molecule has 1 heterocycles. The fraction of sp³-hybridized carbons (Fsp3) is 0.179. The molecule has 0 spiro atoms. The summed E-state index contributed by atoms with van der Waals surface area (Å²) >= 11 is 0. The van der Waals surface area contributed by atoms with Gasteiger partial charge in [0.2, 0.25) is 0 Å². The molecule has 0 bridgehead atoms. The highest BCUT2D eigenvalue weighted by Crippen LogP contribution is 2.42. The van der Waals surface area contributed by atoms with E-state index in [1.807, 2.05) is 19.1 Å². The van der Waals surface area contributed by atoms with E-state index in [9.17, 15) is 19.1 Å². The molecule has 1 aromatic heterocycles. The molecule has 0 atom stereocenters. The normalized spacial score (nSPS) is 12.8. The van der Waals surface area contributed by atoms with Gasteiger partial charge in [-0.3, -0.25) is 4.79 Å². The van der Waals surface area contributed by atoms with Crippen molar-refractivity contribution in [3.63, 3.8) is 0 Å². The number of rotatable bonds is 6. The number of nitrogens with one attached hydrogen (secondary N) is 2. The number of hydrogen-bond donors (Lipinski definition) is 3. The molecule has 1 fully saturated rings. The monoisotopic (exact) mass is 484 g/mol. The third kappa shape index (κ3) is 5.12. The van der Waals surface area contributed by atoms with Crippen molar-refractivity contribution in [2.24, 2.45) is 0 Å². The van der Waals surface area contributed by atoms with Crippen LogP contribution in [-0.4, -0.2) is 26.8 Å². The van der Waals surface area contributed by atoms with Crippen LogP contribution in [0.4, 0.5) is 14.9 Å². The Hall–Kier alpha value is -4.46. The third-order valence-corrected chi connectivity index (χ3v) is 6.10. The van der Waals surface area contributed by atoms with Crippen LogP contribution in [0.25, 0.3) is 11.3 Å². The number of benzene rings is 3. The van der Waals surface area contributed by atoms with Crippen molar-refractivity contribution in [2.75, 3.05) is 5.32 Å². The Kier molecular flexibility index (Phi) is 6.25. The predicted molar refractivity (Wildman–Crippen MR) is 134 cm³/mol. The van der Waals surface area contributed by atoms with Crippen LogP contribution in [0.3, 0.4) is 0 Å². The second-order valence-corrected chi connectivity index (χ2v) is 8.98. The number of phenols is 1. The molecule has 1 aliphatic rings. The average Bonchev–Trinajstić information content (AvgIpc) is 3.61. The largest absolute Gasteiger partial charge is 0.507 e. The molecule has 8 heteroatoms. The Morgan fingerprint density at radius 2 is 1.83 bits per heavy atom. The van der Waals surface area contributed by atoms with E-state index in [1.54, 1.807) is 42.5 Å². The number of carbonyl (C=O) groups is 2. The van der Waals surface area contributed by atoms with Crippen molar-refractivity contribution >= 4 is 17.6 Å². The van der Waals surface area contributed by atoms with Gasteiger partial charge in [0.05, 0.1) is 11.4 Å². The van der Waals surface area contributed by atoms with Crippen molar-refractivity contribution in [3.05, 3.63) is 101 Å². The van der Waals surface area contributed by atoms with E-state index in [4.69, 9.17) is 0 Å². The number of aromatic nitrogens is 2. The summed E-state index contributed by atoms with van der Waals surface area (Å²) in [7, 11) is 0. The lowest BCUT2D eigenvalue weighted by molar-refractivity contribution is 0.102. The van der Waals surface area contributed by atoms with Gasteiger partial charge in [0.15, 0.2) is 0 Å². The van der Waals surface area contributed by atoms with Gasteiger partial charge in [-0.15, -0.1) is 0 Å². The van der Waals surface area contributed by atoms with E-state index in [1.165, 1.54) is 22.9 Å². The summed E-state index contributed by atoms with van der Waals surface area (Å²) in [5.41, 5.74) is 4.31. The Labute approximate surface area is 207 Å². The number of phenolic OH excluding ortho intramolecular Hbond substituents is 1. The van der Waals surface area contributed by atoms with Crippen LogP contribution in [0.1, 0.15) is 45.9 Å². The van der Waals surface area contributed by atoms with Crippen molar-refractivity contribution in [2.45, 2.75) is 32.2 Å². The first-order valence-corrected chi connectivity index (χ1v) is 11.7. The number of halogens is 1. The van der Waals surface area contributed by atoms with E-state index in [0.29, 0.717) is 28.1 Å². The summed E-state index contributed by atoms with van der Waals surface area (Å²) in [6.45, 7) is 2.11. The predicted octanol–water partition coefficient (Wildman–Crippen LogP) is 5.59. The van der Waals surface area contributed by atoms with Gasteiger partial charge in [0.1, 0.15) is 11.6 Å². The molecule has 0 saturated heterocycles. The standard InChI is InChI=1S/C28H25FN4O3/c1-17-5-7-20(8-6-17)27(35)31-22-11-12-23(26(34)14-22)24-15-25(19-9-10-19)33(32-24)28(36)30-16-18-3-2-4-21(29)13-18/h2-8,11-15,19,34H,9-10,16H2,1H3,(H,30,36)(H,31,35). The maximum Gasteiger partial charge on any atom is 0.342 e. The van der Waals surface area contributed by atoms with E-state index < -0.39 is 6.03 Å². The van der Waals surface area contributed by atoms with Crippen molar-refractivity contribution in [1.29, 1.82) is 0 Å². The lowest BCUT2D eigenvalue weighted by atomic mass is 10.1. The summed E-state index contributed by atoms with van der Waals surface area (Å²) in [4.78, 5) is 25.4. The molecule has 0 unspecified atom stereocenters. The Morgan fingerprint density at radius 3 is 2.53 bits per heavy atom. The molecule has 0 radical (unpaired) electrons. The fourth-order valence-electron chi connectivity index (χ4n) is 3.99. The Bertz CT molecular complexity index is 1440. The number of aryl methyl sites for hydroxylation is 1. The van der Waals surface area contributed by atoms with Crippen molar-refractivity contribution < 1.29 is 19.1 Å². The van der Waals surface area contributed by atoms with Crippen LogP contribution in [0.2, 0.25) is 0 Å². The zero-order valence-corrected chi connectivity index (χ0v) is 19.7. The minimum Gasteiger partial charge on any atom is -0.507 e. The second-order valence-electron chi connectivity index (χ2n) is 8.98. The van der Waals surface area contributed by atoms with Gasteiger partial charge in [0, 0.05) is 35.3 Å². The zero-order chi connectivity index (χ0) is 25.2. The summed E-state index contributed by atoms with van der Waals surface area (Å²) in [5.74, 6) is -0.488. The van der Waals surface area contributed by atoms with Crippen LogP contribution in [0.15, 0.2) is 72.8 Å². The van der Waals surface area contributed by atoms with Crippen molar-refractivity contribution in [1.82, 2.24) is 15.1 Å². The van der Waals surface area contributed by atoms with Gasteiger partial charge in [-0.2, -0.15) is 9.78 Å². The molecular formula is C28H25FN4O3. The van der Waals surface area contributed by atoms with E-state index in [0.717, 1.165) is 24.1 Å². The highest BCUT2D eigenvalue weighted by atomic mass is 19.1. The lowest BCUT2D eigenvalue weighted by Crippen LogP contribution is -2.30. The van der Waals surface area contributed by atoms with Crippen molar-refractivity contribution in [3.8, 4) is 17.0 Å². The maximum atomic E-state index is 13.4. The second kappa shape index (κ2) is 9.65. The zero-order valence-electron chi connectivity index (χ0n) is 19.7. The number of nitrogens with zero attached hydrogens (tertiary/aromatic N) is 2. The Morgan fingerprint density at radius 1 is 1.06 bits per heavy atom. The minimum absolute atomic E-state index is 0.0659. The Balaban J connectivity index is 1.34. The minimum atomic E-state index is -0.422. The molecule has 4 aromatic rings. The van der Waals surface area contributed by atoms with Gasteiger partial charge in [-0.25, -0.2) is 9.18 Å². The highest BCUT2D eigenvalue weighted by molar-refractivity contribution is 6.04. The number of hydrogen-bond acceptors (Lipinski definition) is 4. The lowest BCUT2D eigenvalue weighted by Gasteiger charge is -2.09. The highest BCUT2D eigenvalue weighted by Gasteiger charge is 2.30. The van der Waals surface area contributed by atoms with Crippen LogP contribution in [0, 0.1) is 12.7 Å². The summed E-state index contributed by atoms with van der Waals surface area (Å²) < 4.78 is 14.8.